The molecule has 0 aliphatic carbocycles. The van der Waals surface area contributed by atoms with Crippen molar-refractivity contribution in [3.8, 4) is 0 Å². The van der Waals surface area contributed by atoms with Crippen molar-refractivity contribution in [1.29, 1.82) is 0 Å². The number of anilines is 2. The molecule has 0 saturated heterocycles. The molecule has 4 aromatic rings. The zero-order valence-electron chi connectivity index (χ0n) is 15.1. The van der Waals surface area contributed by atoms with Gasteiger partial charge in [0.15, 0.2) is 11.6 Å². The second kappa shape index (κ2) is 7.41. The Morgan fingerprint density at radius 3 is 1.48 bits per heavy atom. The number of nitrogens with zero attached hydrogens (tertiary/aromatic N) is 4. The van der Waals surface area contributed by atoms with Crippen LogP contribution in [0, 0.1) is 0 Å². The van der Waals surface area contributed by atoms with E-state index in [9.17, 15) is 0 Å². The van der Waals surface area contributed by atoms with Gasteiger partial charge in [-0.05, 0) is 35.3 Å². The molecule has 0 fully saturated rings. The summed E-state index contributed by atoms with van der Waals surface area (Å²) >= 11 is 0. The summed E-state index contributed by atoms with van der Waals surface area (Å²) in [4.78, 5) is 9.09. The third-order valence-corrected chi connectivity index (χ3v) is 4.42. The van der Waals surface area contributed by atoms with Gasteiger partial charge in [-0.2, -0.15) is 0 Å². The molecule has 136 valence electrons. The van der Waals surface area contributed by atoms with Crippen LogP contribution in [0.3, 0.4) is 0 Å². The molecule has 0 radical (unpaired) electrons. The quantitative estimate of drug-likeness (QED) is 0.528. The van der Waals surface area contributed by atoms with Crippen molar-refractivity contribution in [2.75, 3.05) is 10.6 Å². The Morgan fingerprint density at radius 1 is 0.667 bits per heavy atom. The van der Waals surface area contributed by atoms with E-state index in [4.69, 9.17) is 4.63 Å². The minimum Gasteiger partial charge on any atom is -0.360 e. The fraction of sp³-hybridized carbons (Fsp3) is 0.200. The summed E-state index contributed by atoms with van der Waals surface area (Å²) in [5.41, 5.74) is 3.05. The van der Waals surface area contributed by atoms with Crippen molar-refractivity contribution in [1.82, 2.24) is 20.3 Å². The molecule has 0 bridgehead atoms. The highest BCUT2D eigenvalue weighted by Gasteiger charge is 2.17. The Labute approximate surface area is 156 Å². The third kappa shape index (κ3) is 3.72. The average molecular weight is 360 g/mol. The number of rotatable bonds is 6. The van der Waals surface area contributed by atoms with Gasteiger partial charge in [0.1, 0.15) is 0 Å². The van der Waals surface area contributed by atoms with Gasteiger partial charge in [-0.25, -0.2) is 14.6 Å². The van der Waals surface area contributed by atoms with E-state index < -0.39 is 0 Å². The summed E-state index contributed by atoms with van der Waals surface area (Å²) in [7, 11) is 0. The topological polar surface area (TPSA) is 88.8 Å². The molecule has 2 aromatic heterocycles. The van der Waals surface area contributed by atoms with Crippen LogP contribution in [0.2, 0.25) is 0 Å². The van der Waals surface area contributed by atoms with Gasteiger partial charge < -0.3 is 10.6 Å². The van der Waals surface area contributed by atoms with Crippen LogP contribution in [0.25, 0.3) is 11.3 Å². The minimum absolute atomic E-state index is 0.0467. The van der Waals surface area contributed by atoms with Crippen molar-refractivity contribution < 1.29 is 4.63 Å². The molecule has 7 nitrogen and oxygen atoms in total. The minimum atomic E-state index is 0.0467. The fourth-order valence-electron chi connectivity index (χ4n) is 2.90. The van der Waals surface area contributed by atoms with E-state index in [0.717, 1.165) is 11.1 Å². The van der Waals surface area contributed by atoms with Gasteiger partial charge in [-0.3, -0.25) is 0 Å². The van der Waals surface area contributed by atoms with Crippen molar-refractivity contribution in [2.45, 2.75) is 25.9 Å². The lowest BCUT2D eigenvalue weighted by molar-refractivity contribution is 0.314. The van der Waals surface area contributed by atoms with Gasteiger partial charge >= 0.3 is 0 Å². The van der Waals surface area contributed by atoms with E-state index in [0.29, 0.717) is 22.9 Å². The number of fused-ring (bicyclic) bond motifs is 1. The van der Waals surface area contributed by atoms with Crippen LogP contribution in [0.4, 0.5) is 11.6 Å². The molecule has 2 aromatic carbocycles. The van der Waals surface area contributed by atoms with E-state index in [1.807, 2.05) is 36.4 Å². The highest BCUT2D eigenvalue weighted by molar-refractivity contribution is 5.73. The summed E-state index contributed by atoms with van der Waals surface area (Å²) in [6.07, 6.45) is 0. The summed E-state index contributed by atoms with van der Waals surface area (Å²) in [5.74, 6) is 1.22. The lowest BCUT2D eigenvalue weighted by Gasteiger charge is -2.20. The van der Waals surface area contributed by atoms with E-state index in [-0.39, 0.29) is 12.1 Å². The molecule has 2 heterocycles. The maximum Gasteiger partial charge on any atom is 0.245 e. The Balaban J connectivity index is 1.65. The van der Waals surface area contributed by atoms with Gasteiger partial charge in [0.25, 0.3) is 0 Å². The van der Waals surface area contributed by atoms with Crippen LogP contribution in [-0.2, 0) is 0 Å². The Hall–Kier alpha value is -3.48. The number of nitrogens with one attached hydrogen (secondary N) is 2. The number of hydrogen-bond donors (Lipinski definition) is 2. The molecule has 0 spiro atoms. The Morgan fingerprint density at radius 2 is 1.07 bits per heavy atom. The number of benzene rings is 2. The van der Waals surface area contributed by atoms with Crippen molar-refractivity contribution >= 4 is 22.9 Å². The third-order valence-electron chi connectivity index (χ3n) is 4.42. The predicted molar refractivity (Wildman–Crippen MR) is 104 cm³/mol. The van der Waals surface area contributed by atoms with E-state index in [1.165, 1.54) is 0 Å². The Kier molecular flexibility index (Phi) is 4.65. The van der Waals surface area contributed by atoms with Crippen LogP contribution >= 0.6 is 0 Å². The molecule has 4 rings (SSSR count). The molecule has 2 unspecified atom stereocenters. The van der Waals surface area contributed by atoms with Crippen LogP contribution in [0.15, 0.2) is 65.3 Å². The molecular weight excluding hydrogens is 340 g/mol. The van der Waals surface area contributed by atoms with Crippen LogP contribution < -0.4 is 10.6 Å². The largest absolute Gasteiger partial charge is 0.360 e. The van der Waals surface area contributed by atoms with Crippen LogP contribution in [0.5, 0.6) is 0 Å². The van der Waals surface area contributed by atoms with Crippen LogP contribution in [0.1, 0.15) is 37.1 Å². The summed E-state index contributed by atoms with van der Waals surface area (Å²) in [6.45, 7) is 4.15. The first-order chi connectivity index (χ1) is 13.2. The highest BCUT2D eigenvalue weighted by Crippen LogP contribution is 2.27. The SMILES string of the molecule is CC(Nc1nc2nonc2nc1NC(C)c1ccccc1)c1ccccc1. The molecule has 0 aliphatic heterocycles. The second-order valence-electron chi connectivity index (χ2n) is 6.39. The van der Waals surface area contributed by atoms with Crippen molar-refractivity contribution in [3.63, 3.8) is 0 Å². The van der Waals surface area contributed by atoms with E-state index >= 15 is 0 Å². The molecule has 0 aliphatic rings. The number of hydrogen-bond acceptors (Lipinski definition) is 7. The Bertz CT molecular complexity index is 937. The molecule has 7 heteroatoms. The van der Waals surface area contributed by atoms with E-state index in [2.05, 4.69) is 69.0 Å². The first kappa shape index (κ1) is 17.0. The van der Waals surface area contributed by atoms with Gasteiger partial charge in [-0.15, -0.1) is 0 Å². The van der Waals surface area contributed by atoms with Crippen molar-refractivity contribution in [2.24, 2.45) is 0 Å². The molecule has 2 atom stereocenters. The lowest BCUT2D eigenvalue weighted by atomic mass is 10.1. The lowest BCUT2D eigenvalue weighted by Crippen LogP contribution is -2.14. The van der Waals surface area contributed by atoms with Crippen LogP contribution in [-0.4, -0.2) is 20.3 Å². The monoisotopic (exact) mass is 360 g/mol. The fourth-order valence-corrected chi connectivity index (χ4v) is 2.90. The first-order valence-electron chi connectivity index (χ1n) is 8.84. The van der Waals surface area contributed by atoms with E-state index in [1.54, 1.807) is 0 Å². The second-order valence-corrected chi connectivity index (χ2v) is 6.39. The maximum absolute atomic E-state index is 4.77. The summed E-state index contributed by atoms with van der Waals surface area (Å²) < 4.78 is 4.77. The van der Waals surface area contributed by atoms with Gasteiger partial charge in [-0.1, -0.05) is 60.7 Å². The zero-order valence-corrected chi connectivity index (χ0v) is 15.1. The molecule has 0 saturated carbocycles. The molecule has 27 heavy (non-hydrogen) atoms. The average Bonchev–Trinajstić information content (AvgIpc) is 3.16. The van der Waals surface area contributed by atoms with Crippen molar-refractivity contribution in [3.05, 3.63) is 71.8 Å². The smallest absolute Gasteiger partial charge is 0.245 e. The summed E-state index contributed by atoms with van der Waals surface area (Å²) in [6, 6.07) is 20.4. The van der Waals surface area contributed by atoms with Gasteiger partial charge in [0, 0.05) is 0 Å². The first-order valence-corrected chi connectivity index (χ1v) is 8.84. The number of aromatic nitrogens is 4. The molecular formula is C20H20N6O. The summed E-state index contributed by atoms with van der Waals surface area (Å²) in [5, 5.41) is 14.5. The molecule has 2 N–H and O–H groups in total. The maximum atomic E-state index is 4.77. The highest BCUT2D eigenvalue weighted by atomic mass is 16.6. The predicted octanol–water partition coefficient (Wildman–Crippen LogP) is 4.36. The van der Waals surface area contributed by atoms with Gasteiger partial charge in [0.2, 0.25) is 11.3 Å². The normalized spacial score (nSPS) is 13.3. The molecule has 0 amide bonds. The zero-order chi connectivity index (χ0) is 18.6. The van der Waals surface area contributed by atoms with Gasteiger partial charge in [0.05, 0.1) is 12.1 Å². The standard InChI is InChI=1S/C20H20N6O/c1-13(15-9-5-3-6-10-15)21-17-18(24-20-19(23-17)25-27-26-20)22-14(2)16-11-7-4-8-12-16/h3-14H,1-2H3,(H,21,23,25)(H,22,24,26).